The minimum atomic E-state index is 0.647. The number of likely N-dealkylation sites (N-methyl/N-ethyl adjacent to an activating group) is 1. The van der Waals surface area contributed by atoms with E-state index >= 15 is 0 Å². The maximum atomic E-state index is 5.55. The topological polar surface area (TPSA) is 82.9 Å². The normalized spacial score (nSPS) is 12.2. The van der Waals surface area contributed by atoms with E-state index in [1.165, 1.54) is 17.4 Å². The van der Waals surface area contributed by atoms with Gasteiger partial charge in [-0.05, 0) is 58.2 Å². The molecule has 0 saturated carbocycles. The number of amidine groups is 1. The highest BCUT2D eigenvalue weighted by Gasteiger charge is 2.02. The molecule has 0 aliphatic rings. The number of fused-ring (bicyclic) bond motifs is 1. The van der Waals surface area contributed by atoms with Gasteiger partial charge in [0, 0.05) is 55.2 Å². The lowest BCUT2D eigenvalue weighted by molar-refractivity contribution is 0.142. The molecule has 0 spiro atoms. The molecule has 1 aromatic carbocycles. The number of allylic oxidation sites excluding steroid dienone is 1. The van der Waals surface area contributed by atoms with Crippen molar-refractivity contribution in [1.82, 2.24) is 15.6 Å². The Hall–Kier alpha value is -2.77. The lowest BCUT2D eigenvalue weighted by Gasteiger charge is -2.10. The SMILES string of the molecule is C=N/C(C)=C\C(=NCCCCCCNc1ccnc2cc(C)ccc12)NCCOCCNC. The highest BCUT2D eigenvalue weighted by Crippen LogP contribution is 2.22. The van der Waals surface area contributed by atoms with Crippen LogP contribution in [-0.4, -0.2) is 64.0 Å². The fourth-order valence-electron chi connectivity index (χ4n) is 3.35. The molecule has 7 nitrogen and oxygen atoms in total. The van der Waals surface area contributed by atoms with Crippen LogP contribution in [0, 0.1) is 6.92 Å². The largest absolute Gasteiger partial charge is 0.384 e. The minimum Gasteiger partial charge on any atom is -0.384 e. The summed E-state index contributed by atoms with van der Waals surface area (Å²) in [6, 6.07) is 8.47. The van der Waals surface area contributed by atoms with Gasteiger partial charge in [-0.2, -0.15) is 0 Å². The first-order valence-electron chi connectivity index (χ1n) is 11.9. The van der Waals surface area contributed by atoms with Gasteiger partial charge < -0.3 is 20.7 Å². The van der Waals surface area contributed by atoms with Crippen LogP contribution in [0.25, 0.3) is 10.9 Å². The Kier molecular flexibility index (Phi) is 12.8. The van der Waals surface area contributed by atoms with Crippen molar-refractivity contribution < 1.29 is 4.74 Å². The van der Waals surface area contributed by atoms with E-state index in [1.54, 1.807) is 0 Å². The first-order valence-corrected chi connectivity index (χ1v) is 11.9. The first kappa shape index (κ1) is 26.5. The molecule has 2 aromatic rings. The molecule has 0 atom stereocenters. The van der Waals surface area contributed by atoms with Crippen molar-refractivity contribution in [3.63, 3.8) is 0 Å². The number of anilines is 1. The Labute approximate surface area is 198 Å². The van der Waals surface area contributed by atoms with Crippen LogP contribution in [0.3, 0.4) is 0 Å². The lowest BCUT2D eigenvalue weighted by Crippen LogP contribution is -2.27. The molecule has 2 rings (SSSR count). The van der Waals surface area contributed by atoms with Crippen LogP contribution in [0.5, 0.6) is 0 Å². The molecule has 3 N–H and O–H groups in total. The number of aliphatic imine (C=N–C) groups is 2. The summed E-state index contributed by atoms with van der Waals surface area (Å²) in [4.78, 5) is 13.1. The molecule has 180 valence electrons. The van der Waals surface area contributed by atoms with Gasteiger partial charge in [-0.25, -0.2) is 0 Å². The number of unbranched alkanes of at least 4 members (excludes halogenated alkanes) is 3. The Morgan fingerprint density at radius 3 is 2.73 bits per heavy atom. The number of rotatable bonds is 16. The van der Waals surface area contributed by atoms with Crippen LogP contribution < -0.4 is 16.0 Å². The monoisotopic (exact) mass is 452 g/mol. The van der Waals surface area contributed by atoms with Crippen LogP contribution in [-0.2, 0) is 4.74 Å². The van der Waals surface area contributed by atoms with Gasteiger partial charge in [-0.1, -0.05) is 25.0 Å². The third kappa shape index (κ3) is 10.6. The Bertz CT molecular complexity index is 909. The maximum absolute atomic E-state index is 5.55. The number of hydrogen-bond donors (Lipinski definition) is 3. The van der Waals surface area contributed by atoms with Crippen molar-refractivity contribution in [3.8, 4) is 0 Å². The maximum Gasteiger partial charge on any atom is 0.122 e. The van der Waals surface area contributed by atoms with E-state index in [0.717, 1.165) is 68.2 Å². The van der Waals surface area contributed by atoms with Gasteiger partial charge in [0.1, 0.15) is 5.84 Å². The smallest absolute Gasteiger partial charge is 0.122 e. The first-order chi connectivity index (χ1) is 16.1. The molecule has 33 heavy (non-hydrogen) atoms. The molecule has 0 radical (unpaired) electrons. The highest BCUT2D eigenvalue weighted by atomic mass is 16.5. The molecule has 0 aliphatic heterocycles. The standard InChI is InChI=1S/C26H40N6O/c1-21-9-10-23-24(11-14-30-25(23)19-21)29-12-7-5-6-8-13-31-26(20-22(2)28-4)32-16-18-33-17-15-27-3/h9-11,14,19-20,27H,4-8,12-13,15-18H2,1-3H3,(H,29,30)(H,31,32)/b22-20-. The van der Waals surface area contributed by atoms with Crippen LogP contribution in [0.1, 0.15) is 38.2 Å². The minimum absolute atomic E-state index is 0.647. The average Bonchev–Trinajstić information content (AvgIpc) is 2.82. The number of aryl methyl sites for hydroxylation is 1. The van der Waals surface area contributed by atoms with Crippen LogP contribution >= 0.6 is 0 Å². The van der Waals surface area contributed by atoms with Gasteiger partial charge in [-0.15, -0.1) is 0 Å². The van der Waals surface area contributed by atoms with Crippen molar-refractivity contribution >= 4 is 29.1 Å². The van der Waals surface area contributed by atoms with E-state index in [4.69, 9.17) is 9.73 Å². The quantitative estimate of drug-likeness (QED) is 0.200. The van der Waals surface area contributed by atoms with E-state index in [0.29, 0.717) is 13.2 Å². The zero-order valence-electron chi connectivity index (χ0n) is 20.5. The van der Waals surface area contributed by atoms with Crippen molar-refractivity contribution in [1.29, 1.82) is 0 Å². The second-order valence-corrected chi connectivity index (χ2v) is 8.07. The summed E-state index contributed by atoms with van der Waals surface area (Å²) >= 11 is 0. The number of hydrogen-bond acceptors (Lipinski definition) is 6. The second kappa shape index (κ2) is 15.9. The number of pyridine rings is 1. The van der Waals surface area contributed by atoms with Crippen LogP contribution in [0.2, 0.25) is 0 Å². The highest BCUT2D eigenvalue weighted by molar-refractivity contribution is 5.93. The summed E-state index contributed by atoms with van der Waals surface area (Å²) in [6.45, 7) is 12.3. The Morgan fingerprint density at radius 1 is 1.09 bits per heavy atom. The zero-order valence-corrected chi connectivity index (χ0v) is 20.5. The fourth-order valence-corrected chi connectivity index (χ4v) is 3.35. The molecule has 0 bridgehead atoms. The van der Waals surface area contributed by atoms with E-state index in [9.17, 15) is 0 Å². The number of benzene rings is 1. The summed E-state index contributed by atoms with van der Waals surface area (Å²) in [7, 11) is 1.92. The van der Waals surface area contributed by atoms with E-state index in [1.807, 2.05) is 26.2 Å². The predicted octanol–water partition coefficient (Wildman–Crippen LogP) is 4.34. The third-order valence-electron chi connectivity index (χ3n) is 5.22. The van der Waals surface area contributed by atoms with E-state index in [-0.39, 0.29) is 0 Å². The molecule has 0 fully saturated rings. The summed E-state index contributed by atoms with van der Waals surface area (Å²) in [6.07, 6.45) is 8.34. The number of aromatic nitrogens is 1. The summed E-state index contributed by atoms with van der Waals surface area (Å²) in [5.74, 6) is 0.846. The fraction of sp³-hybridized carbons (Fsp3) is 0.500. The number of nitrogens with zero attached hydrogens (tertiary/aromatic N) is 3. The Morgan fingerprint density at radius 2 is 1.91 bits per heavy atom. The van der Waals surface area contributed by atoms with Crippen molar-refractivity contribution in [2.45, 2.75) is 39.5 Å². The molecular formula is C26H40N6O. The lowest BCUT2D eigenvalue weighted by atomic mass is 10.1. The molecule has 0 amide bonds. The summed E-state index contributed by atoms with van der Waals surface area (Å²) in [5, 5.41) is 11.2. The average molecular weight is 453 g/mol. The van der Waals surface area contributed by atoms with Crippen LogP contribution in [0.15, 0.2) is 52.2 Å². The molecule has 1 aromatic heterocycles. The molecule has 0 unspecified atom stereocenters. The van der Waals surface area contributed by atoms with E-state index in [2.05, 4.69) is 63.8 Å². The Balaban J connectivity index is 1.66. The van der Waals surface area contributed by atoms with Crippen molar-refractivity contribution in [3.05, 3.63) is 47.8 Å². The van der Waals surface area contributed by atoms with Crippen molar-refractivity contribution in [2.24, 2.45) is 9.98 Å². The van der Waals surface area contributed by atoms with Gasteiger partial charge in [0.25, 0.3) is 0 Å². The molecule has 1 heterocycles. The second-order valence-electron chi connectivity index (χ2n) is 8.07. The molecule has 0 saturated heterocycles. The number of ether oxygens (including phenoxy) is 1. The third-order valence-corrected chi connectivity index (χ3v) is 5.22. The van der Waals surface area contributed by atoms with Crippen molar-refractivity contribution in [2.75, 3.05) is 51.8 Å². The molecule has 0 aliphatic carbocycles. The molecular weight excluding hydrogens is 412 g/mol. The van der Waals surface area contributed by atoms with Gasteiger partial charge in [0.15, 0.2) is 0 Å². The zero-order chi connectivity index (χ0) is 23.7. The summed E-state index contributed by atoms with van der Waals surface area (Å²) in [5.41, 5.74) is 4.29. The van der Waals surface area contributed by atoms with Gasteiger partial charge in [0.2, 0.25) is 0 Å². The van der Waals surface area contributed by atoms with Gasteiger partial charge in [0.05, 0.1) is 18.7 Å². The van der Waals surface area contributed by atoms with E-state index < -0.39 is 0 Å². The van der Waals surface area contributed by atoms with Gasteiger partial charge in [-0.3, -0.25) is 15.0 Å². The number of nitrogens with one attached hydrogen (secondary N) is 3. The predicted molar refractivity (Wildman–Crippen MR) is 142 cm³/mol. The molecule has 7 heteroatoms. The van der Waals surface area contributed by atoms with Crippen LogP contribution in [0.4, 0.5) is 5.69 Å². The summed E-state index contributed by atoms with van der Waals surface area (Å²) < 4.78 is 5.55. The van der Waals surface area contributed by atoms with Gasteiger partial charge >= 0.3 is 0 Å².